The number of carbonyl (C=O) groups is 1. The highest BCUT2D eigenvalue weighted by atomic mass is 32.1. The number of nitrogens with one attached hydrogen (secondary N) is 1. The summed E-state index contributed by atoms with van der Waals surface area (Å²) in [6, 6.07) is 5.36. The SMILES string of the molecule is CCn1c(=S)[nH]c2cc(C(=O)N(C[C@@H]3C[C@H]3C)C(C)C)ccc2c1=O. The minimum Gasteiger partial charge on any atom is -0.336 e. The Morgan fingerprint density at radius 1 is 1.44 bits per heavy atom. The fourth-order valence-corrected chi connectivity index (χ4v) is 3.60. The fraction of sp³-hybridized carbons (Fsp3) is 0.526. The number of fused-ring (bicyclic) bond motifs is 1. The van der Waals surface area contributed by atoms with Crippen LogP contribution in [0.5, 0.6) is 0 Å². The Bertz CT molecular complexity index is 928. The molecule has 0 spiro atoms. The maximum absolute atomic E-state index is 13.0. The predicted molar refractivity (Wildman–Crippen MR) is 103 cm³/mol. The number of aromatic amines is 1. The van der Waals surface area contributed by atoms with Crippen molar-refractivity contribution in [1.82, 2.24) is 14.5 Å². The second-order valence-corrected chi connectivity index (χ2v) is 7.65. The van der Waals surface area contributed by atoms with Crippen LogP contribution < -0.4 is 5.56 Å². The summed E-state index contributed by atoms with van der Waals surface area (Å²) in [5, 5.41) is 0.555. The molecule has 0 saturated heterocycles. The van der Waals surface area contributed by atoms with E-state index in [9.17, 15) is 9.59 Å². The number of nitrogens with zero attached hydrogens (tertiary/aromatic N) is 2. The van der Waals surface area contributed by atoms with Crippen molar-refractivity contribution >= 4 is 29.0 Å². The van der Waals surface area contributed by atoms with E-state index in [1.165, 1.54) is 11.0 Å². The fourth-order valence-electron chi connectivity index (χ4n) is 3.27. The summed E-state index contributed by atoms with van der Waals surface area (Å²) < 4.78 is 1.91. The molecule has 134 valence electrons. The zero-order chi connectivity index (χ0) is 18.3. The first kappa shape index (κ1) is 17.9. The van der Waals surface area contributed by atoms with Gasteiger partial charge in [-0.1, -0.05) is 6.92 Å². The van der Waals surface area contributed by atoms with Crippen LogP contribution in [0.2, 0.25) is 0 Å². The van der Waals surface area contributed by atoms with Gasteiger partial charge >= 0.3 is 0 Å². The number of benzene rings is 1. The van der Waals surface area contributed by atoms with Crippen LogP contribution in [0.3, 0.4) is 0 Å². The van der Waals surface area contributed by atoms with E-state index in [2.05, 4.69) is 11.9 Å². The van der Waals surface area contributed by atoms with E-state index in [4.69, 9.17) is 12.2 Å². The third-order valence-corrected chi connectivity index (χ3v) is 5.46. The number of H-pyrrole nitrogens is 1. The first-order chi connectivity index (χ1) is 11.8. The smallest absolute Gasteiger partial charge is 0.262 e. The van der Waals surface area contributed by atoms with Gasteiger partial charge in [-0.25, -0.2) is 0 Å². The van der Waals surface area contributed by atoms with Gasteiger partial charge in [0.05, 0.1) is 10.9 Å². The zero-order valence-corrected chi connectivity index (χ0v) is 16.0. The highest BCUT2D eigenvalue weighted by molar-refractivity contribution is 7.71. The van der Waals surface area contributed by atoms with Gasteiger partial charge in [-0.15, -0.1) is 0 Å². The molecule has 6 heteroatoms. The number of hydrogen-bond donors (Lipinski definition) is 1. The van der Waals surface area contributed by atoms with Gasteiger partial charge in [-0.3, -0.25) is 14.2 Å². The van der Waals surface area contributed by atoms with Crippen molar-refractivity contribution in [3.05, 3.63) is 38.9 Å². The molecule has 5 nitrogen and oxygen atoms in total. The van der Waals surface area contributed by atoms with E-state index in [-0.39, 0.29) is 17.5 Å². The lowest BCUT2D eigenvalue weighted by Gasteiger charge is -2.27. The van der Waals surface area contributed by atoms with Crippen LogP contribution in [0.15, 0.2) is 23.0 Å². The van der Waals surface area contributed by atoms with Crippen molar-refractivity contribution in [2.45, 2.75) is 46.7 Å². The number of aromatic nitrogens is 2. The first-order valence-electron chi connectivity index (χ1n) is 8.91. The van der Waals surface area contributed by atoms with Crippen molar-refractivity contribution in [3.8, 4) is 0 Å². The van der Waals surface area contributed by atoms with Gasteiger partial charge in [0.25, 0.3) is 11.5 Å². The number of hydrogen-bond acceptors (Lipinski definition) is 3. The molecule has 2 atom stereocenters. The normalized spacial score (nSPS) is 19.4. The van der Waals surface area contributed by atoms with Gasteiger partial charge < -0.3 is 9.88 Å². The van der Waals surface area contributed by atoms with Crippen molar-refractivity contribution in [3.63, 3.8) is 0 Å². The van der Waals surface area contributed by atoms with Crippen molar-refractivity contribution < 1.29 is 4.79 Å². The summed E-state index contributed by atoms with van der Waals surface area (Å²) >= 11 is 5.26. The van der Waals surface area contributed by atoms with E-state index in [1.807, 2.05) is 25.7 Å². The number of rotatable bonds is 5. The minimum absolute atomic E-state index is 0.00925. The molecule has 1 fully saturated rings. The molecule has 2 aromatic rings. The van der Waals surface area contributed by atoms with Gasteiger partial charge in [-0.2, -0.15) is 0 Å². The van der Waals surface area contributed by atoms with E-state index in [0.717, 1.165) is 6.54 Å². The quantitative estimate of drug-likeness (QED) is 0.830. The maximum Gasteiger partial charge on any atom is 0.262 e. The molecule has 1 aromatic carbocycles. The highest BCUT2D eigenvalue weighted by Gasteiger charge is 2.36. The summed E-state index contributed by atoms with van der Waals surface area (Å²) in [5.74, 6) is 1.32. The Morgan fingerprint density at radius 3 is 2.68 bits per heavy atom. The van der Waals surface area contributed by atoms with Crippen molar-refractivity contribution in [1.29, 1.82) is 0 Å². The molecule has 1 aliphatic rings. The van der Waals surface area contributed by atoms with E-state index >= 15 is 0 Å². The van der Waals surface area contributed by atoms with Crippen LogP contribution in [-0.2, 0) is 6.54 Å². The standard InChI is InChI=1S/C19H25N3O2S/c1-5-21-18(24)15-7-6-13(9-16(15)20-19(21)25)17(23)22(11(2)3)10-14-8-12(14)4/h6-7,9,11-12,14H,5,8,10H2,1-4H3,(H,20,25)/t12-,14+/m1/s1. The van der Waals surface area contributed by atoms with Crippen molar-refractivity contribution in [2.24, 2.45) is 11.8 Å². The topological polar surface area (TPSA) is 58.1 Å². The summed E-state index contributed by atoms with van der Waals surface area (Å²) in [4.78, 5) is 30.5. The highest BCUT2D eigenvalue weighted by Crippen LogP contribution is 2.38. The van der Waals surface area contributed by atoms with E-state index < -0.39 is 0 Å². The van der Waals surface area contributed by atoms with Crippen LogP contribution in [0.1, 0.15) is 44.5 Å². The lowest BCUT2D eigenvalue weighted by molar-refractivity contribution is 0.0694. The Labute approximate surface area is 152 Å². The summed E-state index contributed by atoms with van der Waals surface area (Å²) in [6.45, 7) is 9.50. The average molecular weight is 359 g/mol. The summed E-state index contributed by atoms with van der Waals surface area (Å²) in [7, 11) is 0. The van der Waals surface area contributed by atoms with Gasteiger partial charge in [0.2, 0.25) is 0 Å². The van der Waals surface area contributed by atoms with Gasteiger partial charge in [-0.05, 0) is 69.4 Å². The van der Waals surface area contributed by atoms with Crippen LogP contribution in [0, 0.1) is 16.6 Å². The second kappa shape index (κ2) is 6.75. The molecule has 0 aliphatic heterocycles. The maximum atomic E-state index is 13.0. The van der Waals surface area contributed by atoms with Gasteiger partial charge in [0.15, 0.2) is 4.77 Å². The lowest BCUT2D eigenvalue weighted by Crippen LogP contribution is -2.38. The molecule has 1 saturated carbocycles. The van der Waals surface area contributed by atoms with Crippen LogP contribution in [-0.4, -0.2) is 32.9 Å². The van der Waals surface area contributed by atoms with Gasteiger partial charge in [0.1, 0.15) is 0 Å². The Morgan fingerprint density at radius 2 is 2.12 bits per heavy atom. The number of carbonyl (C=O) groups excluding carboxylic acids is 1. The molecule has 1 N–H and O–H groups in total. The summed E-state index contributed by atoms with van der Waals surface area (Å²) in [5.41, 5.74) is 1.09. The largest absolute Gasteiger partial charge is 0.336 e. The molecule has 0 radical (unpaired) electrons. The van der Waals surface area contributed by atoms with Crippen molar-refractivity contribution in [2.75, 3.05) is 6.54 Å². The second-order valence-electron chi connectivity index (χ2n) is 7.26. The Balaban J connectivity index is 1.98. The van der Waals surface area contributed by atoms with Crippen LogP contribution >= 0.6 is 12.2 Å². The predicted octanol–water partition coefficient (Wildman–Crippen LogP) is 3.59. The Kier molecular flexibility index (Phi) is 4.82. The van der Waals surface area contributed by atoms with E-state index in [1.54, 1.807) is 18.2 Å². The third-order valence-electron chi connectivity index (χ3n) is 5.14. The molecule has 1 aliphatic carbocycles. The molecule has 1 aromatic heterocycles. The zero-order valence-electron chi connectivity index (χ0n) is 15.2. The molecule has 1 amide bonds. The molecular weight excluding hydrogens is 334 g/mol. The summed E-state index contributed by atoms with van der Waals surface area (Å²) in [6.07, 6.45) is 1.19. The molecule has 1 heterocycles. The molecule has 25 heavy (non-hydrogen) atoms. The monoisotopic (exact) mass is 359 g/mol. The molecular formula is C19H25N3O2S. The van der Waals surface area contributed by atoms with Crippen LogP contribution in [0.4, 0.5) is 0 Å². The molecule has 3 rings (SSSR count). The molecule has 0 unspecified atom stereocenters. The first-order valence-corrected chi connectivity index (χ1v) is 9.32. The molecule has 0 bridgehead atoms. The minimum atomic E-state index is -0.118. The number of amides is 1. The average Bonchev–Trinajstić information content (AvgIpc) is 3.26. The van der Waals surface area contributed by atoms with Gasteiger partial charge in [0, 0.05) is 24.7 Å². The van der Waals surface area contributed by atoms with Crippen LogP contribution in [0.25, 0.3) is 10.9 Å². The third kappa shape index (κ3) is 3.40. The van der Waals surface area contributed by atoms with E-state index in [0.29, 0.717) is 39.6 Å². The Hall–Kier alpha value is -1.95. The lowest BCUT2D eigenvalue weighted by atomic mass is 10.1.